The molecule has 0 unspecified atom stereocenters. The predicted molar refractivity (Wildman–Crippen MR) is 112 cm³/mol. The minimum absolute atomic E-state index is 0.229. The Morgan fingerprint density at radius 1 is 1.04 bits per heavy atom. The number of carbonyl (C=O) groups is 2. The van der Waals surface area contributed by atoms with Gasteiger partial charge in [0, 0.05) is 49.3 Å². The van der Waals surface area contributed by atoms with Crippen LogP contribution in [0, 0.1) is 0 Å². The summed E-state index contributed by atoms with van der Waals surface area (Å²) in [4.78, 5) is 26.5. The Morgan fingerprint density at radius 2 is 1.67 bits per heavy atom. The summed E-state index contributed by atoms with van der Waals surface area (Å²) in [6, 6.07) is 12.1. The van der Waals surface area contributed by atoms with Gasteiger partial charge in [-0.25, -0.2) is 4.79 Å². The monoisotopic (exact) mass is 434 g/mol. The largest absolute Gasteiger partial charge is 0.383 e. The van der Waals surface area contributed by atoms with Crippen LogP contribution >= 0.6 is 15.9 Å². The van der Waals surface area contributed by atoms with Crippen LogP contribution in [0.1, 0.15) is 10.4 Å². The Hall–Kier alpha value is -2.58. The first-order chi connectivity index (χ1) is 12.9. The second-order valence-electron chi connectivity index (χ2n) is 5.96. The van der Waals surface area contributed by atoms with Crippen molar-refractivity contribution in [2.45, 2.75) is 0 Å². The summed E-state index contributed by atoms with van der Waals surface area (Å²) in [6.45, 7) is 0.834. The number of hydrogen-bond acceptors (Lipinski definition) is 4. The van der Waals surface area contributed by atoms with Crippen molar-refractivity contribution < 1.29 is 14.3 Å². The maximum Gasteiger partial charge on any atom is 0.323 e. The molecule has 2 rings (SSSR count). The topological polar surface area (TPSA) is 82.7 Å². The van der Waals surface area contributed by atoms with E-state index in [1.165, 1.54) is 0 Å². The molecule has 0 fully saturated rings. The van der Waals surface area contributed by atoms with E-state index < -0.39 is 0 Å². The predicted octanol–water partition coefficient (Wildman–Crippen LogP) is 3.54. The summed E-state index contributed by atoms with van der Waals surface area (Å²) in [5.41, 5.74) is 2.41. The average Bonchev–Trinajstić information content (AvgIpc) is 2.63. The zero-order valence-corrected chi connectivity index (χ0v) is 17.1. The quantitative estimate of drug-likeness (QED) is 0.582. The number of nitrogens with one attached hydrogen (secondary N) is 3. The van der Waals surface area contributed by atoms with Gasteiger partial charge < -0.3 is 25.6 Å². The summed E-state index contributed by atoms with van der Waals surface area (Å²) >= 11 is 3.35. The molecule has 0 aromatic heterocycles. The lowest BCUT2D eigenvalue weighted by Crippen LogP contribution is -2.29. The van der Waals surface area contributed by atoms with E-state index in [1.807, 2.05) is 31.1 Å². The SMILES string of the molecule is COCCNC(=O)c1cc(NC(=O)Nc2ccc(Br)cc2)ccc1N(C)C. The third-order valence-corrected chi connectivity index (χ3v) is 4.20. The molecule has 144 valence electrons. The van der Waals surface area contributed by atoms with Gasteiger partial charge in [-0.3, -0.25) is 4.79 Å². The molecule has 0 aliphatic rings. The maximum atomic E-state index is 12.5. The molecule has 0 saturated carbocycles. The van der Waals surface area contributed by atoms with Gasteiger partial charge in [-0.2, -0.15) is 0 Å². The van der Waals surface area contributed by atoms with Gasteiger partial charge >= 0.3 is 6.03 Å². The van der Waals surface area contributed by atoms with Crippen molar-refractivity contribution in [3.05, 3.63) is 52.5 Å². The van der Waals surface area contributed by atoms with Crippen LogP contribution in [0.4, 0.5) is 21.9 Å². The molecule has 0 aliphatic carbocycles. The Morgan fingerprint density at radius 3 is 2.30 bits per heavy atom. The van der Waals surface area contributed by atoms with E-state index in [-0.39, 0.29) is 11.9 Å². The second-order valence-corrected chi connectivity index (χ2v) is 6.88. The molecule has 27 heavy (non-hydrogen) atoms. The molecule has 0 heterocycles. The van der Waals surface area contributed by atoms with Crippen molar-refractivity contribution >= 4 is 44.9 Å². The number of rotatable bonds is 7. The van der Waals surface area contributed by atoms with Crippen LogP contribution in [0.5, 0.6) is 0 Å². The molecular formula is C19H23BrN4O3. The summed E-state index contributed by atoms with van der Waals surface area (Å²) < 4.78 is 5.88. The van der Waals surface area contributed by atoms with E-state index in [2.05, 4.69) is 31.9 Å². The number of halogens is 1. The number of anilines is 3. The molecule has 3 N–H and O–H groups in total. The van der Waals surface area contributed by atoms with Crippen LogP contribution in [0.3, 0.4) is 0 Å². The molecule has 0 radical (unpaired) electrons. The molecule has 2 aromatic carbocycles. The fourth-order valence-corrected chi connectivity index (χ4v) is 2.64. The van der Waals surface area contributed by atoms with E-state index in [9.17, 15) is 9.59 Å². The van der Waals surface area contributed by atoms with Gasteiger partial charge in [0.15, 0.2) is 0 Å². The number of carbonyl (C=O) groups excluding carboxylic acids is 2. The third kappa shape index (κ3) is 6.26. The Labute approximate surface area is 167 Å². The van der Waals surface area contributed by atoms with Gasteiger partial charge in [0.2, 0.25) is 0 Å². The Bertz CT molecular complexity index is 794. The van der Waals surface area contributed by atoms with Gasteiger partial charge in [-0.15, -0.1) is 0 Å². The van der Waals surface area contributed by atoms with E-state index in [1.54, 1.807) is 37.4 Å². The number of methoxy groups -OCH3 is 1. The molecule has 2 aromatic rings. The van der Waals surface area contributed by atoms with Crippen molar-refractivity contribution in [3.8, 4) is 0 Å². The smallest absolute Gasteiger partial charge is 0.323 e. The van der Waals surface area contributed by atoms with Crippen LogP contribution in [-0.4, -0.2) is 46.3 Å². The first-order valence-electron chi connectivity index (χ1n) is 8.33. The van der Waals surface area contributed by atoms with Gasteiger partial charge in [-0.1, -0.05) is 15.9 Å². The number of amides is 3. The van der Waals surface area contributed by atoms with Gasteiger partial charge in [0.05, 0.1) is 12.2 Å². The van der Waals surface area contributed by atoms with Crippen molar-refractivity contribution in [2.24, 2.45) is 0 Å². The van der Waals surface area contributed by atoms with E-state index in [4.69, 9.17) is 4.74 Å². The zero-order chi connectivity index (χ0) is 19.8. The first-order valence-corrected chi connectivity index (χ1v) is 9.12. The third-order valence-electron chi connectivity index (χ3n) is 3.67. The van der Waals surface area contributed by atoms with Crippen LogP contribution in [0.25, 0.3) is 0 Å². The van der Waals surface area contributed by atoms with Crippen LogP contribution < -0.4 is 20.9 Å². The number of nitrogens with zero attached hydrogens (tertiary/aromatic N) is 1. The molecule has 0 spiro atoms. The number of urea groups is 1. The second kappa shape index (κ2) is 9.94. The minimum atomic E-state index is -0.388. The molecule has 7 nitrogen and oxygen atoms in total. The lowest BCUT2D eigenvalue weighted by Gasteiger charge is -2.18. The Kier molecular flexibility index (Phi) is 7.63. The van der Waals surface area contributed by atoms with Crippen molar-refractivity contribution in [3.63, 3.8) is 0 Å². The molecule has 0 aliphatic heterocycles. The summed E-state index contributed by atoms with van der Waals surface area (Å²) in [5.74, 6) is -0.229. The van der Waals surface area contributed by atoms with E-state index in [0.717, 1.165) is 10.2 Å². The lowest BCUT2D eigenvalue weighted by atomic mass is 10.1. The molecule has 0 saturated heterocycles. The highest BCUT2D eigenvalue weighted by Crippen LogP contribution is 2.23. The van der Waals surface area contributed by atoms with Gasteiger partial charge in [-0.05, 0) is 42.5 Å². The zero-order valence-electron chi connectivity index (χ0n) is 15.5. The summed E-state index contributed by atoms with van der Waals surface area (Å²) in [5, 5.41) is 8.29. The fraction of sp³-hybridized carbons (Fsp3) is 0.263. The highest BCUT2D eigenvalue weighted by atomic mass is 79.9. The molecule has 0 bridgehead atoms. The van der Waals surface area contributed by atoms with Gasteiger partial charge in [0.1, 0.15) is 0 Å². The van der Waals surface area contributed by atoms with Crippen LogP contribution in [0.2, 0.25) is 0 Å². The van der Waals surface area contributed by atoms with Crippen LogP contribution in [0.15, 0.2) is 46.9 Å². The fourth-order valence-electron chi connectivity index (χ4n) is 2.37. The lowest BCUT2D eigenvalue weighted by molar-refractivity contribution is 0.0937. The maximum absolute atomic E-state index is 12.5. The molecular weight excluding hydrogens is 412 g/mol. The van der Waals surface area contributed by atoms with E-state index in [0.29, 0.717) is 30.1 Å². The van der Waals surface area contributed by atoms with E-state index >= 15 is 0 Å². The highest BCUT2D eigenvalue weighted by Gasteiger charge is 2.14. The Balaban J connectivity index is 2.12. The summed E-state index contributed by atoms with van der Waals surface area (Å²) in [7, 11) is 5.29. The normalized spacial score (nSPS) is 10.2. The van der Waals surface area contributed by atoms with Gasteiger partial charge in [0.25, 0.3) is 5.91 Å². The summed E-state index contributed by atoms with van der Waals surface area (Å²) in [6.07, 6.45) is 0. The number of ether oxygens (including phenoxy) is 1. The molecule has 3 amide bonds. The average molecular weight is 435 g/mol. The highest BCUT2D eigenvalue weighted by molar-refractivity contribution is 9.10. The standard InChI is InChI=1S/C19H23BrN4O3/c1-24(2)17-9-8-15(12-16(17)18(25)21-10-11-27-3)23-19(26)22-14-6-4-13(20)5-7-14/h4-9,12H,10-11H2,1-3H3,(H,21,25)(H2,22,23,26). The number of benzene rings is 2. The number of hydrogen-bond donors (Lipinski definition) is 3. The van der Waals surface area contributed by atoms with Crippen molar-refractivity contribution in [1.82, 2.24) is 5.32 Å². The molecule has 8 heteroatoms. The van der Waals surface area contributed by atoms with Crippen molar-refractivity contribution in [1.29, 1.82) is 0 Å². The van der Waals surface area contributed by atoms with Crippen LogP contribution in [-0.2, 0) is 4.74 Å². The molecule has 0 atom stereocenters. The minimum Gasteiger partial charge on any atom is -0.383 e. The first kappa shape index (κ1) is 20.7. The van der Waals surface area contributed by atoms with Crippen molar-refractivity contribution in [2.75, 3.05) is 49.9 Å².